The summed E-state index contributed by atoms with van der Waals surface area (Å²) in [6, 6.07) is 5.36. The lowest BCUT2D eigenvalue weighted by Gasteiger charge is -2.51. The molecule has 2 saturated heterocycles. The molecule has 2 aliphatic heterocycles. The molecule has 1 aromatic carbocycles. The summed E-state index contributed by atoms with van der Waals surface area (Å²) >= 11 is 0. The monoisotopic (exact) mass is 376 g/mol. The van der Waals surface area contributed by atoms with E-state index in [1.54, 1.807) is 4.90 Å². The predicted molar refractivity (Wildman–Crippen MR) is 95.5 cm³/mol. The second-order valence-electron chi connectivity index (χ2n) is 8.46. The third kappa shape index (κ3) is 4.40. The number of benzene rings is 1. The number of hydrogen-bond donors (Lipinski definition) is 1. The Morgan fingerprint density at radius 2 is 2.04 bits per heavy atom. The number of carbonyl (C=O) groups excluding carboxylic acids is 1. The van der Waals surface area contributed by atoms with Crippen molar-refractivity contribution in [3.8, 4) is 6.07 Å². The molecule has 1 N–H and O–H groups in total. The number of nitriles is 1. The van der Waals surface area contributed by atoms with Gasteiger partial charge in [0.15, 0.2) is 0 Å². The summed E-state index contributed by atoms with van der Waals surface area (Å²) in [6.45, 7) is 6.05. The van der Waals surface area contributed by atoms with Gasteiger partial charge in [0.25, 0.3) is 0 Å². The molecule has 2 heterocycles. The number of aliphatic hydroxyl groups is 1. The highest BCUT2D eigenvalue weighted by Gasteiger charge is 2.49. The molecule has 3 rings (SSSR count). The Bertz CT molecular complexity index is 754. The molecule has 146 valence electrons. The van der Waals surface area contributed by atoms with E-state index >= 15 is 0 Å². The lowest BCUT2D eigenvalue weighted by molar-refractivity contribution is -0.137. The molecule has 1 aromatic rings. The third-order valence-corrected chi connectivity index (χ3v) is 4.95. The Hall–Kier alpha value is -2.17. The van der Waals surface area contributed by atoms with Gasteiger partial charge in [-0.2, -0.15) is 5.26 Å². The maximum atomic E-state index is 13.6. The van der Waals surface area contributed by atoms with E-state index in [-0.39, 0.29) is 31.3 Å². The number of hydrogen-bond acceptors (Lipinski definition) is 5. The minimum atomic E-state index is -1.14. The number of morpholine rings is 1. The molecule has 2 aliphatic rings. The van der Waals surface area contributed by atoms with Crippen LogP contribution in [-0.2, 0) is 15.9 Å². The SMILES string of the molecule is CC(C)(C)OC(=O)N1C2COCC1CC(O)(Cc1cc(F)ccc1C#N)C2. The first kappa shape index (κ1) is 19.6. The fraction of sp³-hybridized carbons (Fsp3) is 0.600. The van der Waals surface area contributed by atoms with Crippen molar-refractivity contribution in [2.75, 3.05) is 13.2 Å². The Balaban J connectivity index is 1.81. The van der Waals surface area contributed by atoms with Crippen molar-refractivity contribution in [2.24, 2.45) is 0 Å². The van der Waals surface area contributed by atoms with Gasteiger partial charge in [-0.15, -0.1) is 0 Å². The lowest BCUT2D eigenvalue weighted by atomic mass is 9.77. The standard InChI is InChI=1S/C20H25FN2O4/c1-19(2,3)27-18(24)23-16-8-20(25,9-17(23)12-26-11-16)7-14-6-15(21)5-4-13(14)10-22/h4-6,16-17,25H,7-9,11-12H2,1-3H3. The Morgan fingerprint density at radius 3 is 2.59 bits per heavy atom. The van der Waals surface area contributed by atoms with Gasteiger partial charge < -0.3 is 14.6 Å². The van der Waals surface area contributed by atoms with Gasteiger partial charge in [0, 0.05) is 6.42 Å². The number of rotatable bonds is 2. The molecule has 2 fully saturated rings. The van der Waals surface area contributed by atoms with E-state index in [1.165, 1.54) is 18.2 Å². The van der Waals surface area contributed by atoms with Crippen molar-refractivity contribution in [3.63, 3.8) is 0 Å². The fourth-order valence-corrected chi connectivity index (χ4v) is 4.00. The smallest absolute Gasteiger partial charge is 0.410 e. The van der Waals surface area contributed by atoms with Gasteiger partial charge >= 0.3 is 6.09 Å². The zero-order chi connectivity index (χ0) is 19.8. The van der Waals surface area contributed by atoms with Crippen LogP contribution in [-0.4, -0.2) is 52.6 Å². The van der Waals surface area contributed by atoms with E-state index < -0.39 is 23.1 Å². The number of piperidine rings is 1. The summed E-state index contributed by atoms with van der Waals surface area (Å²) in [5, 5.41) is 20.5. The Labute approximate surface area is 158 Å². The molecule has 7 heteroatoms. The number of ether oxygens (including phenoxy) is 2. The van der Waals surface area contributed by atoms with Crippen LogP contribution in [0.25, 0.3) is 0 Å². The molecule has 0 saturated carbocycles. The van der Waals surface area contributed by atoms with Gasteiger partial charge in [0.1, 0.15) is 11.4 Å². The minimum absolute atomic E-state index is 0.156. The van der Waals surface area contributed by atoms with E-state index in [0.717, 1.165) is 0 Å². The van der Waals surface area contributed by atoms with Crippen LogP contribution in [0.3, 0.4) is 0 Å². The molecular formula is C20H25FN2O4. The molecule has 0 aliphatic carbocycles. The average Bonchev–Trinajstić information content (AvgIpc) is 2.52. The van der Waals surface area contributed by atoms with Crippen LogP contribution in [0.15, 0.2) is 18.2 Å². The van der Waals surface area contributed by atoms with Gasteiger partial charge in [-0.3, -0.25) is 4.90 Å². The zero-order valence-corrected chi connectivity index (χ0v) is 15.9. The van der Waals surface area contributed by atoms with Crippen LogP contribution < -0.4 is 0 Å². The summed E-state index contributed by atoms with van der Waals surface area (Å²) < 4.78 is 24.7. The van der Waals surface area contributed by atoms with Crippen LogP contribution in [0.4, 0.5) is 9.18 Å². The Kier molecular flexibility index (Phi) is 5.15. The topological polar surface area (TPSA) is 82.8 Å². The van der Waals surface area contributed by atoms with Gasteiger partial charge in [-0.25, -0.2) is 9.18 Å². The molecule has 2 bridgehead atoms. The molecule has 2 atom stereocenters. The normalized spacial score (nSPS) is 27.8. The number of carbonyl (C=O) groups is 1. The van der Waals surface area contributed by atoms with Crippen molar-refractivity contribution in [2.45, 2.75) is 63.3 Å². The van der Waals surface area contributed by atoms with Crippen LogP contribution in [0.1, 0.15) is 44.7 Å². The summed E-state index contributed by atoms with van der Waals surface area (Å²) in [5.41, 5.74) is -0.925. The van der Waals surface area contributed by atoms with Crippen molar-refractivity contribution in [3.05, 3.63) is 35.1 Å². The quantitative estimate of drug-likeness (QED) is 0.858. The molecule has 27 heavy (non-hydrogen) atoms. The fourth-order valence-electron chi connectivity index (χ4n) is 4.00. The summed E-state index contributed by atoms with van der Waals surface area (Å²) in [4.78, 5) is 14.3. The van der Waals surface area contributed by atoms with Crippen molar-refractivity contribution in [1.82, 2.24) is 4.90 Å². The molecule has 2 unspecified atom stereocenters. The molecule has 0 spiro atoms. The van der Waals surface area contributed by atoms with Crippen LogP contribution >= 0.6 is 0 Å². The maximum absolute atomic E-state index is 13.6. The first-order valence-electron chi connectivity index (χ1n) is 9.10. The average molecular weight is 376 g/mol. The second-order valence-corrected chi connectivity index (χ2v) is 8.46. The molecule has 0 radical (unpaired) electrons. The number of halogens is 1. The number of amides is 1. The number of fused-ring (bicyclic) bond motifs is 2. The maximum Gasteiger partial charge on any atom is 0.410 e. The summed E-state index contributed by atoms with van der Waals surface area (Å²) in [5.74, 6) is -0.442. The van der Waals surface area contributed by atoms with Crippen molar-refractivity contribution in [1.29, 1.82) is 5.26 Å². The number of nitrogens with zero attached hydrogens (tertiary/aromatic N) is 2. The molecule has 1 amide bonds. The lowest BCUT2D eigenvalue weighted by Crippen LogP contribution is -2.64. The van der Waals surface area contributed by atoms with Gasteiger partial charge in [-0.1, -0.05) is 0 Å². The predicted octanol–water partition coefficient (Wildman–Crippen LogP) is 2.77. The minimum Gasteiger partial charge on any atom is -0.444 e. The van der Waals surface area contributed by atoms with Crippen molar-refractivity contribution >= 4 is 6.09 Å². The van der Waals surface area contributed by atoms with Crippen LogP contribution in [0.2, 0.25) is 0 Å². The van der Waals surface area contributed by atoms with Gasteiger partial charge in [0.05, 0.1) is 42.5 Å². The van der Waals surface area contributed by atoms with E-state index in [1.807, 2.05) is 26.8 Å². The highest BCUT2D eigenvalue weighted by Crippen LogP contribution is 2.38. The molecule has 6 nitrogen and oxygen atoms in total. The van der Waals surface area contributed by atoms with Gasteiger partial charge in [0.2, 0.25) is 0 Å². The second kappa shape index (κ2) is 7.10. The first-order chi connectivity index (χ1) is 12.6. The summed E-state index contributed by atoms with van der Waals surface area (Å²) in [7, 11) is 0. The summed E-state index contributed by atoms with van der Waals surface area (Å²) in [6.07, 6.45) is 0.308. The van der Waals surface area contributed by atoms with E-state index in [2.05, 4.69) is 0 Å². The van der Waals surface area contributed by atoms with Crippen LogP contribution in [0.5, 0.6) is 0 Å². The first-order valence-corrected chi connectivity index (χ1v) is 9.10. The molecule has 0 aromatic heterocycles. The van der Waals surface area contributed by atoms with E-state index in [4.69, 9.17) is 9.47 Å². The largest absolute Gasteiger partial charge is 0.444 e. The van der Waals surface area contributed by atoms with Gasteiger partial charge in [-0.05, 0) is 57.4 Å². The van der Waals surface area contributed by atoms with E-state index in [9.17, 15) is 19.6 Å². The van der Waals surface area contributed by atoms with E-state index in [0.29, 0.717) is 24.3 Å². The zero-order valence-electron chi connectivity index (χ0n) is 15.9. The highest BCUT2D eigenvalue weighted by atomic mass is 19.1. The third-order valence-electron chi connectivity index (χ3n) is 4.95. The van der Waals surface area contributed by atoms with Crippen LogP contribution in [0, 0.1) is 17.1 Å². The Morgan fingerprint density at radius 1 is 1.41 bits per heavy atom. The molecular weight excluding hydrogens is 351 g/mol. The van der Waals surface area contributed by atoms with Crippen molar-refractivity contribution < 1.29 is 23.8 Å². The highest BCUT2D eigenvalue weighted by molar-refractivity contribution is 5.69.